The summed E-state index contributed by atoms with van der Waals surface area (Å²) in [4.78, 5) is 12.6. The second-order valence-corrected chi connectivity index (χ2v) is 6.87. The highest BCUT2D eigenvalue weighted by atomic mass is 16.7. The van der Waals surface area contributed by atoms with Gasteiger partial charge in [-0.25, -0.2) is 0 Å². The molecule has 142 valence electrons. The Kier molecular flexibility index (Phi) is 3.93. The van der Waals surface area contributed by atoms with Gasteiger partial charge in [0, 0.05) is 6.04 Å². The number of nitrogens with zero attached hydrogens (tertiary/aromatic N) is 1. The van der Waals surface area contributed by atoms with Gasteiger partial charge in [0.2, 0.25) is 6.79 Å². The maximum atomic E-state index is 12.6. The van der Waals surface area contributed by atoms with Crippen LogP contribution in [0.4, 0.5) is 0 Å². The number of H-pyrrole nitrogens is 1. The first-order chi connectivity index (χ1) is 13.7. The Hall–Kier alpha value is -3.48. The van der Waals surface area contributed by atoms with E-state index in [2.05, 4.69) is 15.5 Å². The van der Waals surface area contributed by atoms with Crippen molar-refractivity contribution in [3.8, 4) is 17.2 Å². The summed E-state index contributed by atoms with van der Waals surface area (Å²) in [6, 6.07) is 9.64. The molecule has 2 aliphatic rings. The van der Waals surface area contributed by atoms with Crippen molar-refractivity contribution in [2.24, 2.45) is 0 Å². The fourth-order valence-corrected chi connectivity index (χ4v) is 3.30. The van der Waals surface area contributed by atoms with Crippen LogP contribution in [0.1, 0.15) is 34.5 Å². The van der Waals surface area contributed by atoms with E-state index in [1.165, 1.54) is 0 Å². The maximum absolute atomic E-state index is 12.6. The standard InChI is InChI=1S/C21H19N3O4/c1-26-20-14(21(25)22-13-4-5-13)6-8-16-19(20)15(23-24-16)7-2-12-3-9-17-18(10-12)28-11-27-17/h2-3,6-10,13H,4-5,11H2,1H3,(H,22,25)(H,23,24)/b7-2+. The maximum Gasteiger partial charge on any atom is 0.255 e. The lowest BCUT2D eigenvalue weighted by Crippen LogP contribution is -2.25. The fraction of sp³-hybridized carbons (Fsp3) is 0.238. The summed E-state index contributed by atoms with van der Waals surface area (Å²) < 4.78 is 16.4. The molecule has 0 saturated heterocycles. The summed E-state index contributed by atoms with van der Waals surface area (Å²) in [6.07, 6.45) is 5.90. The number of aromatic nitrogens is 2. The van der Waals surface area contributed by atoms with Crippen LogP contribution in [0, 0.1) is 0 Å². The minimum absolute atomic E-state index is 0.117. The Balaban J connectivity index is 1.51. The molecule has 0 atom stereocenters. The average molecular weight is 377 g/mol. The smallest absolute Gasteiger partial charge is 0.255 e. The van der Waals surface area contributed by atoms with Gasteiger partial charge in [-0.2, -0.15) is 5.10 Å². The van der Waals surface area contributed by atoms with E-state index in [0.717, 1.165) is 40.8 Å². The number of nitrogens with one attached hydrogen (secondary N) is 2. The molecular formula is C21H19N3O4. The van der Waals surface area contributed by atoms with Gasteiger partial charge in [0.1, 0.15) is 5.75 Å². The molecule has 0 unspecified atom stereocenters. The molecule has 0 radical (unpaired) electrons. The van der Waals surface area contributed by atoms with Gasteiger partial charge < -0.3 is 19.5 Å². The normalized spacial score (nSPS) is 15.3. The van der Waals surface area contributed by atoms with E-state index >= 15 is 0 Å². The SMILES string of the molecule is COc1c(C(=O)NC2CC2)ccc2[nH]nc(/C=C/c3ccc4c(c3)OCO4)c12. The molecule has 1 saturated carbocycles. The number of carbonyl (C=O) groups excluding carboxylic acids is 1. The highest BCUT2D eigenvalue weighted by Crippen LogP contribution is 2.35. The Morgan fingerprint density at radius 3 is 2.89 bits per heavy atom. The topological polar surface area (TPSA) is 85.5 Å². The van der Waals surface area contributed by atoms with E-state index in [4.69, 9.17) is 14.2 Å². The van der Waals surface area contributed by atoms with Crippen LogP contribution in [0.2, 0.25) is 0 Å². The van der Waals surface area contributed by atoms with E-state index in [1.54, 1.807) is 13.2 Å². The van der Waals surface area contributed by atoms with Crippen molar-refractivity contribution in [1.82, 2.24) is 15.5 Å². The number of fused-ring (bicyclic) bond motifs is 2. The highest BCUT2D eigenvalue weighted by molar-refractivity contribution is 6.05. The largest absolute Gasteiger partial charge is 0.495 e. The number of carbonyl (C=O) groups is 1. The Morgan fingerprint density at radius 1 is 1.21 bits per heavy atom. The van der Waals surface area contributed by atoms with Crippen LogP contribution in [-0.4, -0.2) is 36.0 Å². The van der Waals surface area contributed by atoms with E-state index in [1.807, 2.05) is 36.4 Å². The summed E-state index contributed by atoms with van der Waals surface area (Å²) >= 11 is 0. The lowest BCUT2D eigenvalue weighted by Gasteiger charge is -2.10. The second-order valence-electron chi connectivity index (χ2n) is 6.87. The number of benzene rings is 2. The molecule has 2 heterocycles. The fourth-order valence-electron chi connectivity index (χ4n) is 3.30. The quantitative estimate of drug-likeness (QED) is 0.712. The van der Waals surface area contributed by atoms with Gasteiger partial charge in [-0.1, -0.05) is 12.1 Å². The van der Waals surface area contributed by atoms with Crippen LogP contribution in [0.3, 0.4) is 0 Å². The molecule has 1 aliphatic heterocycles. The zero-order valence-electron chi connectivity index (χ0n) is 15.3. The van der Waals surface area contributed by atoms with Crippen molar-refractivity contribution in [3.05, 3.63) is 47.2 Å². The van der Waals surface area contributed by atoms with Gasteiger partial charge in [0.15, 0.2) is 11.5 Å². The zero-order valence-corrected chi connectivity index (χ0v) is 15.3. The Labute approximate surface area is 161 Å². The summed E-state index contributed by atoms with van der Waals surface area (Å²) in [5.41, 5.74) is 2.98. The molecule has 28 heavy (non-hydrogen) atoms. The molecule has 1 amide bonds. The van der Waals surface area contributed by atoms with E-state index < -0.39 is 0 Å². The van der Waals surface area contributed by atoms with Crippen LogP contribution < -0.4 is 19.5 Å². The number of methoxy groups -OCH3 is 1. The molecule has 2 N–H and O–H groups in total. The highest BCUT2D eigenvalue weighted by Gasteiger charge is 2.26. The molecule has 1 fully saturated rings. The van der Waals surface area contributed by atoms with Gasteiger partial charge in [-0.15, -0.1) is 0 Å². The minimum atomic E-state index is -0.117. The van der Waals surface area contributed by atoms with Gasteiger partial charge in [-0.05, 0) is 48.7 Å². The monoisotopic (exact) mass is 377 g/mol. The van der Waals surface area contributed by atoms with E-state index in [9.17, 15) is 4.79 Å². The van der Waals surface area contributed by atoms with Crippen LogP contribution in [0.15, 0.2) is 30.3 Å². The van der Waals surface area contributed by atoms with Crippen molar-refractivity contribution in [1.29, 1.82) is 0 Å². The molecule has 5 rings (SSSR count). The first kappa shape index (κ1) is 16.7. The van der Waals surface area contributed by atoms with Crippen molar-refractivity contribution in [2.45, 2.75) is 18.9 Å². The van der Waals surface area contributed by atoms with Crippen molar-refractivity contribution < 1.29 is 19.0 Å². The molecule has 0 spiro atoms. The molecule has 3 aromatic rings. The van der Waals surface area contributed by atoms with Crippen LogP contribution in [-0.2, 0) is 0 Å². The van der Waals surface area contributed by atoms with Crippen molar-refractivity contribution >= 4 is 29.0 Å². The van der Waals surface area contributed by atoms with E-state index in [-0.39, 0.29) is 18.7 Å². The third kappa shape index (κ3) is 2.94. The van der Waals surface area contributed by atoms with Crippen LogP contribution in [0.25, 0.3) is 23.1 Å². The summed E-state index contributed by atoms with van der Waals surface area (Å²) in [5.74, 6) is 1.88. The molecular weight excluding hydrogens is 358 g/mol. The third-order valence-electron chi connectivity index (χ3n) is 4.90. The molecule has 7 heteroatoms. The van der Waals surface area contributed by atoms with Crippen LogP contribution in [0.5, 0.6) is 17.2 Å². The predicted octanol–water partition coefficient (Wildman–Crippen LogP) is 3.36. The molecule has 0 bridgehead atoms. The van der Waals surface area contributed by atoms with Gasteiger partial charge >= 0.3 is 0 Å². The summed E-state index contributed by atoms with van der Waals surface area (Å²) in [6.45, 7) is 0.245. The zero-order chi connectivity index (χ0) is 19.1. The van der Waals surface area contributed by atoms with Gasteiger partial charge in [0.25, 0.3) is 5.91 Å². The number of ether oxygens (including phenoxy) is 3. The lowest BCUT2D eigenvalue weighted by atomic mass is 10.1. The number of rotatable bonds is 5. The molecule has 7 nitrogen and oxygen atoms in total. The summed E-state index contributed by atoms with van der Waals surface area (Å²) in [7, 11) is 1.57. The second kappa shape index (κ2) is 6.60. The Bertz CT molecular complexity index is 1100. The van der Waals surface area contributed by atoms with Crippen molar-refractivity contribution in [2.75, 3.05) is 13.9 Å². The number of hydrogen-bond donors (Lipinski definition) is 2. The number of aromatic amines is 1. The van der Waals surface area contributed by atoms with Gasteiger partial charge in [-0.3, -0.25) is 9.89 Å². The predicted molar refractivity (Wildman–Crippen MR) is 105 cm³/mol. The third-order valence-corrected chi connectivity index (χ3v) is 4.90. The summed E-state index contributed by atoms with van der Waals surface area (Å²) in [5, 5.41) is 11.2. The minimum Gasteiger partial charge on any atom is -0.495 e. The Morgan fingerprint density at radius 2 is 2.07 bits per heavy atom. The average Bonchev–Trinajstić information content (AvgIpc) is 3.24. The number of hydrogen-bond acceptors (Lipinski definition) is 5. The van der Waals surface area contributed by atoms with Crippen LogP contribution >= 0.6 is 0 Å². The molecule has 1 aromatic heterocycles. The molecule has 1 aliphatic carbocycles. The number of amides is 1. The van der Waals surface area contributed by atoms with Crippen molar-refractivity contribution in [3.63, 3.8) is 0 Å². The molecule has 2 aromatic carbocycles. The lowest BCUT2D eigenvalue weighted by molar-refractivity contribution is 0.0948. The first-order valence-electron chi connectivity index (χ1n) is 9.16. The van der Waals surface area contributed by atoms with Gasteiger partial charge in [0.05, 0.1) is 29.3 Å². The van der Waals surface area contributed by atoms with E-state index in [0.29, 0.717) is 17.0 Å². The first-order valence-corrected chi connectivity index (χ1v) is 9.16.